The van der Waals surface area contributed by atoms with E-state index in [1.54, 1.807) is 35.8 Å². The van der Waals surface area contributed by atoms with Gasteiger partial charge in [0.1, 0.15) is 0 Å². The molecular formula is C16H18N6O. The van der Waals surface area contributed by atoms with Gasteiger partial charge in [0.15, 0.2) is 5.82 Å². The second kappa shape index (κ2) is 6.95. The van der Waals surface area contributed by atoms with Gasteiger partial charge in [0.25, 0.3) is 0 Å². The maximum Gasteiger partial charge on any atom is 0.245 e. The molecule has 1 aliphatic heterocycles. The molecule has 7 heteroatoms. The Hall–Kier alpha value is -2.83. The fourth-order valence-corrected chi connectivity index (χ4v) is 2.74. The van der Waals surface area contributed by atoms with Crippen LogP contribution in [-0.2, 0) is 4.79 Å². The normalized spacial score (nSPS) is 17.6. The Morgan fingerprint density at radius 3 is 2.78 bits per heavy atom. The highest BCUT2D eigenvalue weighted by Gasteiger charge is 2.26. The minimum absolute atomic E-state index is 0.0421. The number of nitrogens with zero attached hydrogens (tertiary/aromatic N) is 5. The molecule has 7 nitrogen and oxygen atoms in total. The van der Waals surface area contributed by atoms with Gasteiger partial charge in [-0.25, -0.2) is 15.0 Å². The second-order valence-corrected chi connectivity index (χ2v) is 5.32. The molecule has 23 heavy (non-hydrogen) atoms. The number of carbonyl (C=O) groups excluding carboxylic acids is 1. The first-order valence-electron chi connectivity index (χ1n) is 7.54. The van der Waals surface area contributed by atoms with Crippen molar-refractivity contribution in [3.8, 4) is 0 Å². The molecule has 0 aromatic carbocycles. The predicted octanol–water partition coefficient (Wildman–Crippen LogP) is 1.90. The zero-order valence-corrected chi connectivity index (χ0v) is 12.7. The average Bonchev–Trinajstić information content (AvgIpc) is 2.62. The zero-order chi connectivity index (χ0) is 16.1. The number of likely N-dealkylation sites (tertiary alicyclic amines) is 1. The van der Waals surface area contributed by atoms with E-state index in [0.29, 0.717) is 18.3 Å². The van der Waals surface area contributed by atoms with Crippen LogP contribution in [0.2, 0.25) is 0 Å². The first kappa shape index (κ1) is 15.1. The SMILES string of the molecule is C=CC(=O)N1CCC[C@@H](c2nccnc2Nc2ncccn2)C1. The molecule has 3 rings (SSSR count). The van der Waals surface area contributed by atoms with E-state index in [1.165, 1.54) is 6.08 Å². The Morgan fingerprint density at radius 2 is 2.00 bits per heavy atom. The molecule has 2 aromatic rings. The largest absolute Gasteiger partial charge is 0.339 e. The van der Waals surface area contributed by atoms with Crippen LogP contribution in [0, 0.1) is 0 Å². The number of aromatic nitrogens is 4. The molecular weight excluding hydrogens is 292 g/mol. The van der Waals surface area contributed by atoms with Crippen molar-refractivity contribution in [2.75, 3.05) is 18.4 Å². The van der Waals surface area contributed by atoms with Crippen LogP contribution in [0.15, 0.2) is 43.5 Å². The van der Waals surface area contributed by atoms with Crippen LogP contribution in [0.5, 0.6) is 0 Å². The van der Waals surface area contributed by atoms with Crippen molar-refractivity contribution in [3.05, 3.63) is 49.2 Å². The predicted molar refractivity (Wildman–Crippen MR) is 86.1 cm³/mol. The molecule has 118 valence electrons. The number of hydrogen-bond acceptors (Lipinski definition) is 6. The van der Waals surface area contributed by atoms with Crippen LogP contribution in [0.4, 0.5) is 11.8 Å². The summed E-state index contributed by atoms with van der Waals surface area (Å²) in [5, 5.41) is 3.11. The lowest BCUT2D eigenvalue weighted by atomic mass is 9.94. The van der Waals surface area contributed by atoms with Gasteiger partial charge in [0.2, 0.25) is 11.9 Å². The van der Waals surface area contributed by atoms with E-state index in [1.807, 2.05) is 0 Å². The highest BCUT2D eigenvalue weighted by molar-refractivity contribution is 5.87. The van der Waals surface area contributed by atoms with E-state index in [0.717, 1.165) is 25.1 Å². The average molecular weight is 310 g/mol. The third kappa shape index (κ3) is 3.50. The van der Waals surface area contributed by atoms with E-state index in [9.17, 15) is 4.79 Å². The third-order valence-electron chi connectivity index (χ3n) is 3.82. The summed E-state index contributed by atoms with van der Waals surface area (Å²) in [5.74, 6) is 1.20. The van der Waals surface area contributed by atoms with Gasteiger partial charge >= 0.3 is 0 Å². The van der Waals surface area contributed by atoms with Crippen molar-refractivity contribution in [1.29, 1.82) is 0 Å². The molecule has 0 saturated carbocycles. The molecule has 1 atom stereocenters. The Bertz CT molecular complexity index is 690. The number of hydrogen-bond donors (Lipinski definition) is 1. The van der Waals surface area contributed by atoms with Crippen molar-refractivity contribution >= 4 is 17.7 Å². The van der Waals surface area contributed by atoms with E-state index in [-0.39, 0.29) is 11.8 Å². The van der Waals surface area contributed by atoms with Gasteiger partial charge in [-0.2, -0.15) is 0 Å². The van der Waals surface area contributed by atoms with Crippen molar-refractivity contribution < 1.29 is 4.79 Å². The van der Waals surface area contributed by atoms with Crippen molar-refractivity contribution in [2.45, 2.75) is 18.8 Å². The number of anilines is 2. The topological polar surface area (TPSA) is 83.9 Å². The highest BCUT2D eigenvalue weighted by Crippen LogP contribution is 2.30. The van der Waals surface area contributed by atoms with Gasteiger partial charge in [-0.15, -0.1) is 0 Å². The van der Waals surface area contributed by atoms with Gasteiger partial charge in [-0.3, -0.25) is 9.78 Å². The van der Waals surface area contributed by atoms with Crippen molar-refractivity contribution in [1.82, 2.24) is 24.8 Å². The molecule has 0 radical (unpaired) electrons. The molecule has 2 aromatic heterocycles. The summed E-state index contributed by atoms with van der Waals surface area (Å²) >= 11 is 0. The van der Waals surface area contributed by atoms with Gasteiger partial charge in [0.05, 0.1) is 5.69 Å². The first-order chi connectivity index (χ1) is 11.3. The number of piperidine rings is 1. The minimum atomic E-state index is -0.0421. The molecule has 0 aliphatic carbocycles. The quantitative estimate of drug-likeness (QED) is 0.868. The fraction of sp³-hybridized carbons (Fsp3) is 0.312. The molecule has 1 N–H and O–H groups in total. The van der Waals surface area contributed by atoms with Crippen molar-refractivity contribution in [3.63, 3.8) is 0 Å². The van der Waals surface area contributed by atoms with Crippen LogP contribution in [0.1, 0.15) is 24.5 Å². The molecule has 0 bridgehead atoms. The maximum atomic E-state index is 11.9. The molecule has 0 unspecified atom stereocenters. The second-order valence-electron chi connectivity index (χ2n) is 5.32. The summed E-state index contributed by atoms with van der Waals surface area (Å²) in [6, 6.07) is 1.75. The van der Waals surface area contributed by atoms with Crippen LogP contribution in [-0.4, -0.2) is 43.8 Å². The summed E-state index contributed by atoms with van der Waals surface area (Å²) in [4.78, 5) is 30.8. The number of carbonyl (C=O) groups is 1. The molecule has 3 heterocycles. The summed E-state index contributed by atoms with van der Waals surface area (Å²) in [6.07, 6.45) is 9.87. The lowest BCUT2D eigenvalue weighted by molar-refractivity contribution is -0.127. The number of rotatable bonds is 4. The van der Waals surface area contributed by atoms with Crippen LogP contribution < -0.4 is 5.32 Å². The van der Waals surface area contributed by atoms with Crippen LogP contribution in [0.25, 0.3) is 0 Å². The van der Waals surface area contributed by atoms with Crippen LogP contribution in [0.3, 0.4) is 0 Å². The lowest BCUT2D eigenvalue weighted by Gasteiger charge is -2.32. The fourth-order valence-electron chi connectivity index (χ4n) is 2.74. The van der Waals surface area contributed by atoms with Crippen molar-refractivity contribution in [2.24, 2.45) is 0 Å². The van der Waals surface area contributed by atoms with Gasteiger partial charge < -0.3 is 10.2 Å². The molecule has 1 saturated heterocycles. The summed E-state index contributed by atoms with van der Waals surface area (Å²) in [7, 11) is 0. The standard InChI is InChI=1S/C16H18N6O/c1-2-13(23)22-10-3-5-12(11-22)14-15(18-9-8-17-14)21-16-19-6-4-7-20-16/h2,4,6-9,12H,1,3,5,10-11H2,(H,18,19,20,21)/t12-/m1/s1. The van der Waals surface area contributed by atoms with Crippen LogP contribution >= 0.6 is 0 Å². The smallest absolute Gasteiger partial charge is 0.245 e. The maximum absolute atomic E-state index is 11.9. The van der Waals surface area contributed by atoms with E-state index < -0.39 is 0 Å². The summed E-state index contributed by atoms with van der Waals surface area (Å²) in [6.45, 7) is 4.93. The van der Waals surface area contributed by atoms with E-state index in [4.69, 9.17) is 0 Å². The van der Waals surface area contributed by atoms with Gasteiger partial charge in [-0.1, -0.05) is 6.58 Å². The first-order valence-corrected chi connectivity index (χ1v) is 7.54. The Morgan fingerprint density at radius 1 is 1.22 bits per heavy atom. The Labute approximate surface area is 134 Å². The zero-order valence-electron chi connectivity index (χ0n) is 12.7. The Balaban J connectivity index is 1.82. The van der Waals surface area contributed by atoms with Gasteiger partial charge in [-0.05, 0) is 25.0 Å². The Kier molecular flexibility index (Phi) is 4.56. The summed E-state index contributed by atoms with van der Waals surface area (Å²) < 4.78 is 0. The molecule has 1 fully saturated rings. The highest BCUT2D eigenvalue weighted by atomic mass is 16.2. The summed E-state index contributed by atoms with van der Waals surface area (Å²) in [5.41, 5.74) is 0.835. The molecule has 1 amide bonds. The lowest BCUT2D eigenvalue weighted by Crippen LogP contribution is -2.38. The van der Waals surface area contributed by atoms with E-state index >= 15 is 0 Å². The van der Waals surface area contributed by atoms with E-state index in [2.05, 4.69) is 31.8 Å². The number of nitrogens with one attached hydrogen (secondary N) is 1. The van der Waals surface area contributed by atoms with Gasteiger partial charge in [0, 0.05) is 43.8 Å². The molecule has 0 spiro atoms. The monoisotopic (exact) mass is 310 g/mol. The number of amides is 1. The third-order valence-corrected chi connectivity index (χ3v) is 3.82. The minimum Gasteiger partial charge on any atom is -0.339 e. The molecule has 1 aliphatic rings.